The molecule has 1 saturated heterocycles. The Kier molecular flexibility index (Phi) is 5.01. The standard InChI is InChI=1S/C23H25N3O3/c1-24(2)16-10-12-17(13-11-16)26-22(27)20(18-8-4-5-9-19(18)29-3)21(23(26)28)25-14-6-7-15-25/h4-5,8-13H,6-7,14-15H2,1-3H3. The summed E-state index contributed by atoms with van der Waals surface area (Å²) in [6, 6.07) is 14.8. The zero-order valence-corrected chi connectivity index (χ0v) is 17.0. The molecule has 29 heavy (non-hydrogen) atoms. The van der Waals surface area contributed by atoms with Crippen LogP contribution in [0.5, 0.6) is 5.75 Å². The molecule has 2 aromatic rings. The van der Waals surface area contributed by atoms with Crippen molar-refractivity contribution in [2.24, 2.45) is 0 Å². The van der Waals surface area contributed by atoms with E-state index in [2.05, 4.69) is 0 Å². The van der Waals surface area contributed by atoms with E-state index in [1.54, 1.807) is 7.11 Å². The van der Waals surface area contributed by atoms with Crippen LogP contribution in [0.4, 0.5) is 11.4 Å². The van der Waals surface area contributed by atoms with Gasteiger partial charge in [0.15, 0.2) is 0 Å². The monoisotopic (exact) mass is 391 g/mol. The fraction of sp³-hybridized carbons (Fsp3) is 0.304. The first kappa shape index (κ1) is 19.1. The normalized spacial score (nSPS) is 16.8. The average molecular weight is 391 g/mol. The Bertz CT molecular complexity index is 973. The van der Waals surface area contributed by atoms with Gasteiger partial charge in [0.1, 0.15) is 11.4 Å². The Morgan fingerprint density at radius 3 is 2.17 bits per heavy atom. The number of methoxy groups -OCH3 is 1. The molecule has 2 aromatic carbocycles. The zero-order chi connectivity index (χ0) is 20.5. The molecule has 0 unspecified atom stereocenters. The van der Waals surface area contributed by atoms with E-state index in [-0.39, 0.29) is 11.8 Å². The van der Waals surface area contributed by atoms with Crippen LogP contribution in [0.2, 0.25) is 0 Å². The van der Waals surface area contributed by atoms with Crippen molar-refractivity contribution >= 4 is 28.8 Å². The number of imide groups is 1. The van der Waals surface area contributed by atoms with Crippen LogP contribution in [0.3, 0.4) is 0 Å². The second-order valence-electron chi connectivity index (χ2n) is 7.47. The maximum atomic E-state index is 13.5. The van der Waals surface area contributed by atoms with Gasteiger partial charge in [-0.3, -0.25) is 9.59 Å². The Morgan fingerprint density at radius 2 is 1.55 bits per heavy atom. The molecule has 1 fully saturated rings. The topological polar surface area (TPSA) is 53.1 Å². The molecule has 4 rings (SSSR count). The van der Waals surface area contributed by atoms with E-state index in [4.69, 9.17) is 4.74 Å². The molecule has 0 aliphatic carbocycles. The summed E-state index contributed by atoms with van der Waals surface area (Å²) in [6.07, 6.45) is 2.03. The molecule has 2 heterocycles. The maximum Gasteiger partial charge on any atom is 0.282 e. The quantitative estimate of drug-likeness (QED) is 0.733. The summed E-state index contributed by atoms with van der Waals surface area (Å²) in [6.45, 7) is 1.56. The van der Waals surface area contributed by atoms with Crippen molar-refractivity contribution in [2.45, 2.75) is 12.8 Å². The molecule has 0 saturated carbocycles. The SMILES string of the molecule is COc1ccccc1C1=C(N2CCCC2)C(=O)N(c2ccc(N(C)C)cc2)C1=O. The van der Waals surface area contributed by atoms with Gasteiger partial charge >= 0.3 is 0 Å². The third-order valence-corrected chi connectivity index (χ3v) is 5.48. The summed E-state index contributed by atoms with van der Waals surface area (Å²) in [4.78, 5) is 32.3. The van der Waals surface area contributed by atoms with Crippen molar-refractivity contribution in [3.63, 3.8) is 0 Å². The lowest BCUT2D eigenvalue weighted by Gasteiger charge is -2.21. The summed E-state index contributed by atoms with van der Waals surface area (Å²) in [5, 5.41) is 0. The van der Waals surface area contributed by atoms with Gasteiger partial charge in [-0.2, -0.15) is 0 Å². The first-order chi connectivity index (χ1) is 14.0. The molecule has 0 N–H and O–H groups in total. The van der Waals surface area contributed by atoms with E-state index in [0.717, 1.165) is 31.6 Å². The Labute approximate surface area is 171 Å². The number of amides is 2. The highest BCUT2D eigenvalue weighted by Gasteiger charge is 2.43. The molecule has 0 aromatic heterocycles. The molecular formula is C23H25N3O3. The fourth-order valence-corrected chi connectivity index (χ4v) is 3.98. The van der Waals surface area contributed by atoms with Gasteiger partial charge in [-0.05, 0) is 43.2 Å². The second kappa shape index (κ2) is 7.62. The predicted molar refractivity (Wildman–Crippen MR) is 114 cm³/mol. The number of rotatable bonds is 5. The number of anilines is 2. The molecular weight excluding hydrogens is 366 g/mol. The van der Waals surface area contributed by atoms with E-state index >= 15 is 0 Å². The van der Waals surface area contributed by atoms with Crippen LogP contribution in [0.25, 0.3) is 5.57 Å². The van der Waals surface area contributed by atoms with Crippen molar-refractivity contribution in [3.05, 3.63) is 59.8 Å². The summed E-state index contributed by atoms with van der Waals surface area (Å²) < 4.78 is 5.50. The number of nitrogens with zero attached hydrogens (tertiary/aromatic N) is 3. The van der Waals surface area contributed by atoms with Crippen molar-refractivity contribution in [3.8, 4) is 5.75 Å². The first-order valence-electron chi connectivity index (χ1n) is 9.81. The number of likely N-dealkylation sites (tertiary alicyclic amines) is 1. The molecule has 0 spiro atoms. The highest BCUT2D eigenvalue weighted by Crippen LogP contribution is 2.39. The molecule has 2 amide bonds. The van der Waals surface area contributed by atoms with Gasteiger partial charge in [0.2, 0.25) is 0 Å². The summed E-state index contributed by atoms with van der Waals surface area (Å²) >= 11 is 0. The van der Waals surface area contributed by atoms with E-state index in [9.17, 15) is 9.59 Å². The summed E-state index contributed by atoms with van der Waals surface area (Å²) in [5.74, 6) is 0.0135. The van der Waals surface area contributed by atoms with Crippen LogP contribution in [0, 0.1) is 0 Å². The molecule has 6 nitrogen and oxygen atoms in total. The minimum absolute atomic E-state index is 0.268. The number of hydrogen-bond donors (Lipinski definition) is 0. The first-order valence-corrected chi connectivity index (χ1v) is 9.81. The Hall–Kier alpha value is -3.28. The summed E-state index contributed by atoms with van der Waals surface area (Å²) in [7, 11) is 5.48. The highest BCUT2D eigenvalue weighted by molar-refractivity contribution is 6.45. The van der Waals surface area contributed by atoms with Gasteiger partial charge in [0, 0.05) is 38.4 Å². The Balaban J connectivity index is 1.81. The lowest BCUT2D eigenvalue weighted by atomic mass is 10.0. The highest BCUT2D eigenvalue weighted by atomic mass is 16.5. The molecule has 2 aliphatic heterocycles. The van der Waals surface area contributed by atoms with Crippen molar-refractivity contribution in [1.29, 1.82) is 0 Å². The maximum absolute atomic E-state index is 13.5. The molecule has 0 radical (unpaired) electrons. The number of benzene rings is 2. The lowest BCUT2D eigenvalue weighted by Crippen LogP contribution is -2.34. The number of hydrogen-bond acceptors (Lipinski definition) is 5. The van der Waals surface area contributed by atoms with Crippen LogP contribution < -0.4 is 14.5 Å². The number of carbonyl (C=O) groups is 2. The third-order valence-electron chi connectivity index (χ3n) is 5.48. The van der Waals surface area contributed by atoms with Gasteiger partial charge in [0.05, 0.1) is 18.4 Å². The lowest BCUT2D eigenvalue weighted by molar-refractivity contribution is -0.120. The second-order valence-corrected chi connectivity index (χ2v) is 7.47. The van der Waals surface area contributed by atoms with E-state index in [0.29, 0.717) is 28.3 Å². The van der Waals surface area contributed by atoms with Crippen LogP contribution >= 0.6 is 0 Å². The predicted octanol–water partition coefficient (Wildman–Crippen LogP) is 3.14. The van der Waals surface area contributed by atoms with E-state index in [1.807, 2.05) is 72.4 Å². The van der Waals surface area contributed by atoms with Gasteiger partial charge in [-0.15, -0.1) is 0 Å². The third kappa shape index (κ3) is 3.24. The van der Waals surface area contributed by atoms with Gasteiger partial charge in [-0.25, -0.2) is 4.90 Å². The largest absolute Gasteiger partial charge is 0.496 e. The molecule has 2 aliphatic rings. The average Bonchev–Trinajstić information content (AvgIpc) is 3.34. The Morgan fingerprint density at radius 1 is 0.897 bits per heavy atom. The number of para-hydroxylation sites is 1. The number of carbonyl (C=O) groups excluding carboxylic acids is 2. The van der Waals surface area contributed by atoms with Crippen molar-refractivity contribution < 1.29 is 14.3 Å². The van der Waals surface area contributed by atoms with Crippen LogP contribution in [-0.2, 0) is 9.59 Å². The fourth-order valence-electron chi connectivity index (χ4n) is 3.98. The van der Waals surface area contributed by atoms with Gasteiger partial charge in [0.25, 0.3) is 11.8 Å². The van der Waals surface area contributed by atoms with Gasteiger partial charge < -0.3 is 14.5 Å². The van der Waals surface area contributed by atoms with E-state index in [1.165, 1.54) is 4.90 Å². The molecule has 6 heteroatoms. The van der Waals surface area contributed by atoms with Gasteiger partial charge in [-0.1, -0.05) is 18.2 Å². The minimum atomic E-state index is -0.306. The zero-order valence-electron chi connectivity index (χ0n) is 17.0. The van der Waals surface area contributed by atoms with Crippen molar-refractivity contribution in [2.75, 3.05) is 44.1 Å². The van der Waals surface area contributed by atoms with Crippen LogP contribution in [-0.4, -0.2) is 51.0 Å². The molecule has 150 valence electrons. The smallest absolute Gasteiger partial charge is 0.282 e. The number of ether oxygens (including phenoxy) is 1. The van der Waals surface area contributed by atoms with Crippen LogP contribution in [0.1, 0.15) is 18.4 Å². The van der Waals surface area contributed by atoms with E-state index < -0.39 is 0 Å². The molecule has 0 bridgehead atoms. The van der Waals surface area contributed by atoms with Crippen LogP contribution in [0.15, 0.2) is 54.2 Å². The van der Waals surface area contributed by atoms with Crippen molar-refractivity contribution in [1.82, 2.24) is 4.90 Å². The summed E-state index contributed by atoms with van der Waals surface area (Å²) in [5.41, 5.74) is 3.14. The minimum Gasteiger partial charge on any atom is -0.496 e. The molecule has 0 atom stereocenters.